The Morgan fingerprint density at radius 3 is 3.06 bits per heavy atom. The molecule has 0 aliphatic carbocycles. The predicted octanol–water partition coefficient (Wildman–Crippen LogP) is 2.84. The lowest BCUT2D eigenvalue weighted by atomic mass is 9.97. The van der Waals surface area contributed by atoms with Gasteiger partial charge in [0.25, 0.3) is 0 Å². The maximum Gasteiger partial charge on any atom is 0.0486 e. The van der Waals surface area contributed by atoms with E-state index in [2.05, 4.69) is 42.1 Å². The van der Waals surface area contributed by atoms with E-state index < -0.39 is 0 Å². The molecule has 0 radical (unpaired) electrons. The van der Waals surface area contributed by atoms with Gasteiger partial charge in [-0.25, -0.2) is 0 Å². The largest absolute Gasteiger partial charge is 0.347 e. The summed E-state index contributed by atoms with van der Waals surface area (Å²) in [6.07, 6.45) is 3.86. The van der Waals surface area contributed by atoms with E-state index >= 15 is 0 Å². The monoisotopic (exact) mass is 226 g/mol. The van der Waals surface area contributed by atoms with Gasteiger partial charge in [-0.3, -0.25) is 0 Å². The van der Waals surface area contributed by atoms with Crippen molar-refractivity contribution in [3.05, 3.63) is 35.0 Å². The molecular formula is C15H18N2. The minimum Gasteiger partial charge on any atom is -0.347 e. The maximum absolute atomic E-state index is 3.77. The van der Waals surface area contributed by atoms with Gasteiger partial charge in [-0.1, -0.05) is 12.1 Å². The molecule has 2 aliphatic rings. The van der Waals surface area contributed by atoms with Crippen molar-refractivity contribution in [2.45, 2.75) is 38.3 Å². The van der Waals surface area contributed by atoms with Gasteiger partial charge in [0.05, 0.1) is 0 Å². The van der Waals surface area contributed by atoms with Gasteiger partial charge in [0.1, 0.15) is 0 Å². The summed E-state index contributed by atoms with van der Waals surface area (Å²) in [4.78, 5) is 0. The molecule has 88 valence electrons. The fourth-order valence-corrected chi connectivity index (χ4v) is 3.82. The number of hydrogen-bond donors (Lipinski definition) is 1. The minimum atomic E-state index is 0.605. The summed E-state index contributed by atoms with van der Waals surface area (Å²) in [6.45, 7) is 2.24. The molecule has 1 fully saturated rings. The Morgan fingerprint density at radius 2 is 2.18 bits per heavy atom. The van der Waals surface area contributed by atoms with Gasteiger partial charge < -0.3 is 9.88 Å². The van der Waals surface area contributed by atoms with Gasteiger partial charge >= 0.3 is 0 Å². The van der Waals surface area contributed by atoms with Gasteiger partial charge in [-0.15, -0.1) is 0 Å². The predicted molar refractivity (Wildman–Crippen MR) is 70.3 cm³/mol. The van der Waals surface area contributed by atoms with Gasteiger partial charge in [0.2, 0.25) is 0 Å². The van der Waals surface area contributed by atoms with E-state index in [9.17, 15) is 0 Å². The zero-order valence-electron chi connectivity index (χ0n) is 10.5. The molecule has 4 rings (SSSR count). The third kappa shape index (κ3) is 1.14. The molecule has 2 unspecified atom stereocenters. The van der Waals surface area contributed by atoms with E-state index in [1.165, 1.54) is 35.7 Å². The van der Waals surface area contributed by atoms with Crippen molar-refractivity contribution in [2.75, 3.05) is 0 Å². The summed E-state index contributed by atoms with van der Waals surface area (Å²) in [5.74, 6) is 0. The molecule has 17 heavy (non-hydrogen) atoms. The highest BCUT2D eigenvalue weighted by atomic mass is 15.1. The van der Waals surface area contributed by atoms with E-state index in [0.29, 0.717) is 6.04 Å². The Balaban J connectivity index is 2.13. The van der Waals surface area contributed by atoms with Crippen LogP contribution in [0.15, 0.2) is 18.2 Å². The van der Waals surface area contributed by atoms with Crippen LogP contribution < -0.4 is 5.32 Å². The Labute approximate surface area is 102 Å². The zero-order valence-corrected chi connectivity index (χ0v) is 10.5. The first-order valence-electron chi connectivity index (χ1n) is 6.58. The molecule has 0 amide bonds. The first-order valence-corrected chi connectivity index (χ1v) is 6.58. The third-order valence-corrected chi connectivity index (χ3v) is 4.63. The number of aromatic nitrogens is 1. The SMILES string of the molecule is Cc1cccc2c1c1c(n2C)CC2CCC1N2. The lowest BCUT2D eigenvalue weighted by molar-refractivity contribution is 0.503. The van der Waals surface area contributed by atoms with Gasteiger partial charge in [-0.2, -0.15) is 0 Å². The molecule has 1 aromatic heterocycles. The van der Waals surface area contributed by atoms with Crippen LogP contribution in [0.5, 0.6) is 0 Å². The fraction of sp³-hybridized carbons (Fsp3) is 0.467. The molecule has 3 heterocycles. The lowest BCUT2D eigenvalue weighted by Crippen LogP contribution is -2.32. The highest BCUT2D eigenvalue weighted by molar-refractivity contribution is 5.89. The Kier molecular flexibility index (Phi) is 1.79. The van der Waals surface area contributed by atoms with Gasteiger partial charge in [0, 0.05) is 42.1 Å². The summed E-state index contributed by atoms with van der Waals surface area (Å²) < 4.78 is 2.42. The number of benzene rings is 1. The van der Waals surface area contributed by atoms with Crippen molar-refractivity contribution >= 4 is 10.9 Å². The molecule has 1 saturated heterocycles. The molecule has 2 aromatic rings. The summed E-state index contributed by atoms with van der Waals surface area (Å²) >= 11 is 0. The van der Waals surface area contributed by atoms with Crippen LogP contribution in [0.3, 0.4) is 0 Å². The van der Waals surface area contributed by atoms with Gasteiger partial charge in [0.15, 0.2) is 0 Å². The molecule has 1 N–H and O–H groups in total. The maximum atomic E-state index is 3.77. The van der Waals surface area contributed by atoms with Crippen LogP contribution in [0.25, 0.3) is 10.9 Å². The van der Waals surface area contributed by atoms with Crippen LogP contribution in [0.4, 0.5) is 0 Å². The van der Waals surface area contributed by atoms with Crippen molar-refractivity contribution < 1.29 is 0 Å². The molecule has 2 atom stereocenters. The second-order valence-electron chi connectivity index (χ2n) is 5.59. The highest BCUT2D eigenvalue weighted by Crippen LogP contribution is 2.42. The second kappa shape index (κ2) is 3.14. The molecule has 2 nitrogen and oxygen atoms in total. The Hall–Kier alpha value is -1.28. The van der Waals surface area contributed by atoms with Crippen molar-refractivity contribution in [3.63, 3.8) is 0 Å². The third-order valence-electron chi connectivity index (χ3n) is 4.63. The average molecular weight is 226 g/mol. The standard InChI is InChI=1S/C15H18N2/c1-9-4-3-5-12-14(9)15-11-7-6-10(16-11)8-13(15)17(12)2/h3-5,10-11,16H,6-8H2,1-2H3. The summed E-state index contributed by atoms with van der Waals surface area (Å²) in [5, 5.41) is 5.27. The fourth-order valence-electron chi connectivity index (χ4n) is 3.82. The van der Waals surface area contributed by atoms with Crippen molar-refractivity contribution in [3.8, 4) is 0 Å². The zero-order chi connectivity index (χ0) is 11.6. The number of fused-ring (bicyclic) bond motifs is 6. The normalized spacial score (nSPS) is 26.5. The Bertz CT molecular complexity index is 609. The highest BCUT2D eigenvalue weighted by Gasteiger charge is 2.35. The summed E-state index contributed by atoms with van der Waals surface area (Å²) in [5.41, 5.74) is 5.99. The van der Waals surface area contributed by atoms with Crippen LogP contribution in [0, 0.1) is 6.92 Å². The molecule has 0 spiro atoms. The minimum absolute atomic E-state index is 0.605. The van der Waals surface area contributed by atoms with Crippen molar-refractivity contribution in [2.24, 2.45) is 7.05 Å². The second-order valence-corrected chi connectivity index (χ2v) is 5.59. The topological polar surface area (TPSA) is 17.0 Å². The first kappa shape index (κ1) is 9.72. The molecule has 2 heteroatoms. The summed E-state index contributed by atoms with van der Waals surface area (Å²) in [6, 6.07) is 8.00. The van der Waals surface area contributed by atoms with Crippen LogP contribution >= 0.6 is 0 Å². The Morgan fingerprint density at radius 1 is 1.29 bits per heavy atom. The molecule has 2 bridgehead atoms. The number of nitrogens with zero attached hydrogens (tertiary/aromatic N) is 1. The average Bonchev–Trinajstić information content (AvgIpc) is 2.83. The van der Waals surface area contributed by atoms with Crippen LogP contribution in [-0.4, -0.2) is 10.6 Å². The molecule has 1 aromatic carbocycles. The van der Waals surface area contributed by atoms with E-state index in [4.69, 9.17) is 0 Å². The van der Waals surface area contributed by atoms with Crippen LogP contribution in [0.2, 0.25) is 0 Å². The smallest absolute Gasteiger partial charge is 0.0486 e. The number of nitrogens with one attached hydrogen (secondary N) is 1. The first-order chi connectivity index (χ1) is 8.25. The van der Waals surface area contributed by atoms with E-state index in [1.54, 1.807) is 11.3 Å². The van der Waals surface area contributed by atoms with Crippen LogP contribution in [0.1, 0.15) is 35.7 Å². The molecular weight excluding hydrogens is 208 g/mol. The van der Waals surface area contributed by atoms with Crippen molar-refractivity contribution in [1.82, 2.24) is 9.88 Å². The lowest BCUT2D eigenvalue weighted by Gasteiger charge is -2.23. The molecule has 2 aliphatic heterocycles. The van der Waals surface area contributed by atoms with E-state index in [-0.39, 0.29) is 0 Å². The van der Waals surface area contributed by atoms with Crippen molar-refractivity contribution in [1.29, 1.82) is 0 Å². The van der Waals surface area contributed by atoms with Gasteiger partial charge in [-0.05, 0) is 37.0 Å². The summed E-state index contributed by atoms with van der Waals surface area (Å²) in [7, 11) is 2.23. The quantitative estimate of drug-likeness (QED) is 0.731. The van der Waals surface area contributed by atoms with E-state index in [1.807, 2.05) is 0 Å². The number of aryl methyl sites for hydroxylation is 2. The van der Waals surface area contributed by atoms with Crippen LogP contribution in [-0.2, 0) is 13.5 Å². The molecule has 0 saturated carbocycles. The number of rotatable bonds is 0. The van der Waals surface area contributed by atoms with E-state index in [0.717, 1.165) is 6.04 Å². The number of hydrogen-bond acceptors (Lipinski definition) is 1.